The van der Waals surface area contributed by atoms with Crippen molar-refractivity contribution in [3.8, 4) is 0 Å². The van der Waals surface area contributed by atoms with E-state index in [-0.39, 0.29) is 10.7 Å². The first kappa shape index (κ1) is 15.7. The molecule has 0 radical (unpaired) electrons. The van der Waals surface area contributed by atoms with Gasteiger partial charge < -0.3 is 5.11 Å². The fraction of sp³-hybridized carbons (Fsp3) is 0.0667. The van der Waals surface area contributed by atoms with E-state index in [2.05, 4.69) is 9.71 Å². The summed E-state index contributed by atoms with van der Waals surface area (Å²) in [6, 6.07) is 9.34. The van der Waals surface area contributed by atoms with Crippen LogP contribution in [0.5, 0.6) is 0 Å². The van der Waals surface area contributed by atoms with Crippen LogP contribution < -0.4 is 4.72 Å². The predicted molar refractivity (Wildman–Crippen MR) is 82.9 cm³/mol. The van der Waals surface area contributed by atoms with Gasteiger partial charge in [-0.05, 0) is 42.3 Å². The summed E-state index contributed by atoms with van der Waals surface area (Å²) in [4.78, 5) is 14.5. The molecule has 1 aromatic carbocycles. The molecular weight excluding hydrogens is 304 g/mol. The van der Waals surface area contributed by atoms with Crippen molar-refractivity contribution in [3.63, 3.8) is 0 Å². The summed E-state index contributed by atoms with van der Waals surface area (Å²) in [5.74, 6) is -0.790. The lowest BCUT2D eigenvalue weighted by atomic mass is 10.2. The summed E-state index contributed by atoms with van der Waals surface area (Å²) in [7, 11) is -3.74. The van der Waals surface area contributed by atoms with Crippen molar-refractivity contribution >= 4 is 27.9 Å². The molecule has 1 aromatic heterocycles. The van der Waals surface area contributed by atoms with Crippen molar-refractivity contribution in [2.24, 2.45) is 0 Å². The molecule has 2 aromatic rings. The Balaban J connectivity index is 2.23. The monoisotopic (exact) mass is 318 g/mol. The molecule has 0 saturated heterocycles. The first-order valence-corrected chi connectivity index (χ1v) is 7.82. The highest BCUT2D eigenvalue weighted by Crippen LogP contribution is 2.17. The van der Waals surface area contributed by atoms with Crippen LogP contribution in [-0.4, -0.2) is 24.5 Å². The molecule has 114 valence electrons. The summed E-state index contributed by atoms with van der Waals surface area (Å²) < 4.78 is 27.0. The summed E-state index contributed by atoms with van der Waals surface area (Å²) in [5, 5.41) is 8.55. The van der Waals surface area contributed by atoms with Crippen LogP contribution in [0.25, 0.3) is 6.08 Å². The van der Waals surface area contributed by atoms with Gasteiger partial charge in [0.1, 0.15) is 5.82 Å². The molecule has 0 bridgehead atoms. The minimum atomic E-state index is -3.74. The fourth-order valence-electron chi connectivity index (χ4n) is 1.70. The minimum Gasteiger partial charge on any atom is -0.478 e. The molecular formula is C15H14N2O4S. The summed E-state index contributed by atoms with van der Waals surface area (Å²) in [5.41, 5.74) is 1.31. The van der Waals surface area contributed by atoms with E-state index in [0.717, 1.165) is 6.08 Å². The van der Waals surface area contributed by atoms with Gasteiger partial charge in [-0.25, -0.2) is 18.2 Å². The van der Waals surface area contributed by atoms with E-state index in [1.807, 2.05) is 0 Å². The van der Waals surface area contributed by atoms with Crippen LogP contribution >= 0.6 is 0 Å². The number of pyridine rings is 1. The summed E-state index contributed by atoms with van der Waals surface area (Å²) in [6.45, 7) is 1.75. The van der Waals surface area contributed by atoms with Crippen LogP contribution in [0.15, 0.2) is 53.6 Å². The molecule has 0 atom stereocenters. The number of carbonyl (C=O) groups is 1. The van der Waals surface area contributed by atoms with Crippen LogP contribution in [0.1, 0.15) is 11.1 Å². The van der Waals surface area contributed by atoms with Gasteiger partial charge in [0.15, 0.2) is 0 Å². The van der Waals surface area contributed by atoms with Gasteiger partial charge in [-0.1, -0.05) is 18.2 Å². The van der Waals surface area contributed by atoms with Gasteiger partial charge in [-0.15, -0.1) is 0 Å². The second-order valence-electron chi connectivity index (χ2n) is 4.52. The van der Waals surface area contributed by atoms with Crippen LogP contribution in [0.4, 0.5) is 5.82 Å². The quantitative estimate of drug-likeness (QED) is 0.825. The lowest BCUT2D eigenvalue weighted by Crippen LogP contribution is -2.14. The smallest absolute Gasteiger partial charge is 0.328 e. The molecule has 0 unspecified atom stereocenters. The molecule has 7 heteroatoms. The topological polar surface area (TPSA) is 96.4 Å². The molecule has 2 N–H and O–H groups in total. The Morgan fingerprint density at radius 1 is 1.23 bits per heavy atom. The van der Waals surface area contributed by atoms with Crippen molar-refractivity contribution in [1.82, 2.24) is 4.98 Å². The van der Waals surface area contributed by atoms with E-state index in [9.17, 15) is 13.2 Å². The Kier molecular flexibility index (Phi) is 4.57. The Morgan fingerprint density at radius 3 is 2.50 bits per heavy atom. The highest BCUT2D eigenvalue weighted by Gasteiger charge is 2.15. The molecule has 0 aliphatic carbocycles. The molecule has 0 amide bonds. The van der Waals surface area contributed by atoms with E-state index >= 15 is 0 Å². The first-order valence-electron chi connectivity index (χ1n) is 6.34. The van der Waals surface area contributed by atoms with E-state index in [1.54, 1.807) is 19.1 Å². The number of hydrogen-bond acceptors (Lipinski definition) is 4. The fourth-order valence-corrected chi connectivity index (χ4v) is 2.78. The first-order chi connectivity index (χ1) is 10.4. The summed E-state index contributed by atoms with van der Waals surface area (Å²) >= 11 is 0. The molecule has 0 aliphatic heterocycles. The maximum absolute atomic E-state index is 12.3. The second kappa shape index (κ2) is 6.40. The molecule has 0 aliphatic rings. The van der Waals surface area contributed by atoms with Gasteiger partial charge in [-0.3, -0.25) is 4.72 Å². The van der Waals surface area contributed by atoms with Crippen molar-refractivity contribution < 1.29 is 18.3 Å². The number of carboxylic acid groups (broad SMARTS) is 1. The van der Waals surface area contributed by atoms with Gasteiger partial charge in [0.05, 0.1) is 4.90 Å². The SMILES string of the molecule is Cc1cccnc1NS(=O)(=O)c1ccc(C=CC(=O)O)cc1. The number of rotatable bonds is 5. The van der Waals surface area contributed by atoms with Crippen molar-refractivity contribution in [1.29, 1.82) is 0 Å². The Bertz CT molecular complexity index is 812. The largest absolute Gasteiger partial charge is 0.478 e. The zero-order valence-electron chi connectivity index (χ0n) is 11.7. The van der Waals surface area contributed by atoms with Gasteiger partial charge in [0, 0.05) is 12.3 Å². The van der Waals surface area contributed by atoms with Crippen LogP contribution in [-0.2, 0) is 14.8 Å². The Morgan fingerprint density at radius 2 is 1.91 bits per heavy atom. The molecule has 6 nitrogen and oxygen atoms in total. The van der Waals surface area contributed by atoms with Gasteiger partial charge in [0.25, 0.3) is 10.0 Å². The molecule has 0 fully saturated rings. The number of carboxylic acids is 1. The molecule has 0 spiro atoms. The molecule has 22 heavy (non-hydrogen) atoms. The normalized spacial score (nSPS) is 11.5. The number of nitrogens with one attached hydrogen (secondary N) is 1. The zero-order chi connectivity index (χ0) is 16.2. The van der Waals surface area contributed by atoms with Gasteiger partial charge >= 0.3 is 5.97 Å². The number of nitrogens with zero attached hydrogens (tertiary/aromatic N) is 1. The zero-order valence-corrected chi connectivity index (χ0v) is 12.5. The number of aromatic nitrogens is 1. The molecule has 1 heterocycles. The maximum Gasteiger partial charge on any atom is 0.328 e. The van der Waals surface area contributed by atoms with E-state index in [4.69, 9.17) is 5.11 Å². The van der Waals surface area contributed by atoms with Crippen molar-refractivity contribution in [2.45, 2.75) is 11.8 Å². The maximum atomic E-state index is 12.3. The van der Waals surface area contributed by atoms with Gasteiger partial charge in [-0.2, -0.15) is 0 Å². The van der Waals surface area contributed by atoms with E-state index < -0.39 is 16.0 Å². The molecule has 2 rings (SSSR count). The highest BCUT2D eigenvalue weighted by molar-refractivity contribution is 7.92. The molecule has 0 saturated carbocycles. The number of hydrogen-bond donors (Lipinski definition) is 2. The number of aliphatic carboxylic acids is 1. The Hall–Kier alpha value is -2.67. The average Bonchev–Trinajstić information content (AvgIpc) is 2.48. The van der Waals surface area contributed by atoms with Crippen LogP contribution in [0.3, 0.4) is 0 Å². The third-order valence-corrected chi connectivity index (χ3v) is 4.20. The van der Waals surface area contributed by atoms with Crippen molar-refractivity contribution in [3.05, 3.63) is 59.8 Å². The number of benzene rings is 1. The second-order valence-corrected chi connectivity index (χ2v) is 6.20. The highest BCUT2D eigenvalue weighted by atomic mass is 32.2. The lowest BCUT2D eigenvalue weighted by molar-refractivity contribution is -0.131. The van der Waals surface area contributed by atoms with E-state index in [1.165, 1.54) is 36.5 Å². The van der Waals surface area contributed by atoms with E-state index in [0.29, 0.717) is 11.1 Å². The lowest BCUT2D eigenvalue weighted by Gasteiger charge is -2.09. The Labute approximate surface area is 128 Å². The minimum absolute atomic E-state index is 0.0741. The number of aryl methyl sites for hydroxylation is 1. The summed E-state index contributed by atoms with van der Waals surface area (Å²) in [6.07, 6.45) is 3.87. The van der Waals surface area contributed by atoms with Gasteiger partial charge in [0.2, 0.25) is 0 Å². The van der Waals surface area contributed by atoms with Crippen LogP contribution in [0.2, 0.25) is 0 Å². The predicted octanol–water partition coefficient (Wildman–Crippen LogP) is 2.29. The third kappa shape index (κ3) is 3.92. The van der Waals surface area contributed by atoms with Crippen LogP contribution in [0, 0.1) is 6.92 Å². The average molecular weight is 318 g/mol. The number of sulfonamides is 1. The standard InChI is InChI=1S/C15H14N2O4S/c1-11-3-2-10-16-15(11)17-22(20,21)13-7-4-12(5-8-13)6-9-14(18)19/h2-10H,1H3,(H,16,17)(H,18,19). The third-order valence-electron chi connectivity index (χ3n) is 2.85. The number of anilines is 1. The van der Waals surface area contributed by atoms with Crippen molar-refractivity contribution in [2.75, 3.05) is 4.72 Å².